The summed E-state index contributed by atoms with van der Waals surface area (Å²) in [6.45, 7) is -1.34. The predicted molar refractivity (Wildman–Crippen MR) is 52.6 cm³/mol. The maximum absolute atomic E-state index is 10.9. The topological polar surface area (TPSA) is 115 Å². The fourth-order valence-electron chi connectivity index (χ4n) is 1.34. The van der Waals surface area contributed by atoms with Gasteiger partial charge in [-0.25, -0.2) is 0 Å². The van der Waals surface area contributed by atoms with Crippen molar-refractivity contribution in [2.75, 3.05) is 13.2 Å². The molecule has 0 heterocycles. The molecule has 6 heteroatoms. The van der Waals surface area contributed by atoms with Gasteiger partial charge in [-0.2, -0.15) is 0 Å². The molecule has 0 amide bonds. The smallest absolute Gasteiger partial charge is 0.319 e. The molecule has 0 saturated carbocycles. The van der Waals surface area contributed by atoms with Crippen molar-refractivity contribution in [3.8, 4) is 0 Å². The lowest BCUT2D eigenvalue weighted by Gasteiger charge is -2.29. The van der Waals surface area contributed by atoms with E-state index in [-0.39, 0.29) is 0 Å². The van der Waals surface area contributed by atoms with Gasteiger partial charge in [0.2, 0.25) is 0 Å². The molecule has 1 aliphatic rings. The van der Waals surface area contributed by atoms with E-state index in [4.69, 9.17) is 20.4 Å². The highest BCUT2D eigenvalue weighted by molar-refractivity contribution is 5.85. The number of aliphatic hydroxyl groups excluding tert-OH is 2. The molecule has 1 aliphatic carbocycles. The van der Waals surface area contributed by atoms with Crippen LogP contribution in [0.25, 0.3) is 0 Å². The van der Waals surface area contributed by atoms with Gasteiger partial charge in [-0.3, -0.25) is 9.59 Å². The second kappa shape index (κ2) is 4.07. The Morgan fingerprint density at radius 2 is 1.06 bits per heavy atom. The summed E-state index contributed by atoms with van der Waals surface area (Å²) >= 11 is 0. The zero-order valence-corrected chi connectivity index (χ0v) is 8.33. The number of aliphatic hydroxyl groups is 2. The Bertz CT molecular complexity index is 320. The average Bonchev–Trinajstić information content (AvgIpc) is 2.28. The van der Waals surface area contributed by atoms with Gasteiger partial charge in [0.25, 0.3) is 0 Å². The van der Waals surface area contributed by atoms with Crippen LogP contribution < -0.4 is 0 Å². The minimum absolute atomic E-state index is 0.670. The maximum Gasteiger partial charge on any atom is 0.319 e. The van der Waals surface area contributed by atoms with Crippen molar-refractivity contribution in [2.45, 2.75) is 0 Å². The van der Waals surface area contributed by atoms with Crippen LogP contribution in [0.2, 0.25) is 0 Å². The molecule has 16 heavy (non-hydrogen) atoms. The zero-order valence-electron chi connectivity index (χ0n) is 8.33. The minimum atomic E-state index is -1.60. The molecule has 0 saturated heterocycles. The quantitative estimate of drug-likeness (QED) is 0.470. The molecule has 0 aromatic carbocycles. The summed E-state index contributed by atoms with van der Waals surface area (Å²) in [5, 5.41) is 35.8. The predicted octanol–water partition coefficient (Wildman–Crippen LogP) is -0.761. The van der Waals surface area contributed by atoms with Crippen molar-refractivity contribution >= 4 is 11.9 Å². The number of hydrogen-bond acceptors (Lipinski definition) is 4. The summed E-state index contributed by atoms with van der Waals surface area (Å²) in [7, 11) is 0. The summed E-state index contributed by atoms with van der Waals surface area (Å²) in [6, 6.07) is 0. The second-order valence-electron chi connectivity index (χ2n) is 3.67. The molecular formula is C10H12O6. The van der Waals surface area contributed by atoms with Gasteiger partial charge in [-0.05, 0) is 0 Å². The van der Waals surface area contributed by atoms with E-state index in [1.54, 1.807) is 0 Å². The summed E-state index contributed by atoms with van der Waals surface area (Å²) in [6.07, 6.45) is 4.33. The molecule has 0 aliphatic heterocycles. The van der Waals surface area contributed by atoms with Crippen LogP contribution in [-0.4, -0.2) is 45.6 Å². The van der Waals surface area contributed by atoms with E-state index in [9.17, 15) is 9.59 Å². The van der Waals surface area contributed by atoms with E-state index in [0.29, 0.717) is 0 Å². The van der Waals surface area contributed by atoms with Crippen molar-refractivity contribution in [3.63, 3.8) is 0 Å². The molecule has 1 rings (SSSR count). The van der Waals surface area contributed by atoms with Gasteiger partial charge in [0, 0.05) is 0 Å². The third-order valence-electron chi connectivity index (χ3n) is 2.68. The first-order valence-corrected chi connectivity index (χ1v) is 4.52. The van der Waals surface area contributed by atoms with E-state index >= 15 is 0 Å². The Morgan fingerprint density at radius 3 is 1.19 bits per heavy atom. The van der Waals surface area contributed by atoms with Crippen LogP contribution in [0.3, 0.4) is 0 Å². The maximum atomic E-state index is 10.9. The number of carboxylic acid groups (broad SMARTS) is 2. The number of hydrogen-bond donors (Lipinski definition) is 4. The van der Waals surface area contributed by atoms with Gasteiger partial charge in [-0.1, -0.05) is 24.3 Å². The number of carbonyl (C=O) groups is 2. The first-order valence-electron chi connectivity index (χ1n) is 4.52. The average molecular weight is 228 g/mol. The van der Waals surface area contributed by atoms with E-state index in [0.717, 1.165) is 24.3 Å². The molecule has 4 N–H and O–H groups in total. The number of carboxylic acids is 2. The summed E-state index contributed by atoms with van der Waals surface area (Å²) in [4.78, 5) is 21.8. The number of aliphatic carboxylic acids is 2. The first-order chi connectivity index (χ1) is 7.42. The van der Waals surface area contributed by atoms with E-state index in [1.165, 1.54) is 0 Å². The van der Waals surface area contributed by atoms with Crippen LogP contribution >= 0.6 is 0 Å². The van der Waals surface area contributed by atoms with Crippen molar-refractivity contribution < 1.29 is 30.0 Å². The van der Waals surface area contributed by atoms with E-state index < -0.39 is 36.0 Å². The van der Waals surface area contributed by atoms with Crippen LogP contribution in [0.4, 0.5) is 0 Å². The van der Waals surface area contributed by atoms with Crippen molar-refractivity contribution in [2.24, 2.45) is 10.8 Å². The normalized spacial score (nSPS) is 32.6. The molecule has 88 valence electrons. The number of rotatable bonds is 4. The van der Waals surface area contributed by atoms with Gasteiger partial charge in [0.05, 0.1) is 13.2 Å². The zero-order chi connectivity index (χ0) is 12.4. The standard InChI is InChI=1S/C10H12O6/c11-5-9(7(13)14)1-2-10(6-12,4-3-9)8(15)16/h1-4,11-12H,5-6H2,(H,13,14)(H,15,16). The Balaban J connectivity index is 3.11. The van der Waals surface area contributed by atoms with Crippen molar-refractivity contribution in [1.82, 2.24) is 0 Å². The van der Waals surface area contributed by atoms with Crippen LogP contribution in [0.5, 0.6) is 0 Å². The van der Waals surface area contributed by atoms with Gasteiger partial charge in [0.1, 0.15) is 10.8 Å². The lowest BCUT2D eigenvalue weighted by Crippen LogP contribution is -2.39. The molecule has 0 fully saturated rings. The highest BCUT2D eigenvalue weighted by atomic mass is 16.4. The van der Waals surface area contributed by atoms with Gasteiger partial charge >= 0.3 is 11.9 Å². The molecule has 0 atom stereocenters. The second-order valence-corrected chi connectivity index (χ2v) is 3.67. The Hall–Kier alpha value is -1.66. The Labute approximate surface area is 91.1 Å². The largest absolute Gasteiger partial charge is 0.480 e. The fourth-order valence-corrected chi connectivity index (χ4v) is 1.34. The lowest BCUT2D eigenvalue weighted by atomic mass is 9.75. The van der Waals surface area contributed by atoms with Gasteiger partial charge in [-0.15, -0.1) is 0 Å². The van der Waals surface area contributed by atoms with Crippen LogP contribution in [0, 0.1) is 10.8 Å². The molecule has 0 spiro atoms. The summed E-state index contributed by atoms with van der Waals surface area (Å²) in [5.74, 6) is -2.56. The Kier molecular flexibility index (Phi) is 3.16. The monoisotopic (exact) mass is 228 g/mol. The van der Waals surface area contributed by atoms with Crippen LogP contribution in [0.1, 0.15) is 0 Å². The van der Waals surface area contributed by atoms with Crippen LogP contribution in [-0.2, 0) is 9.59 Å². The van der Waals surface area contributed by atoms with Crippen molar-refractivity contribution in [3.05, 3.63) is 24.3 Å². The molecule has 0 bridgehead atoms. The molecule has 6 nitrogen and oxygen atoms in total. The first kappa shape index (κ1) is 12.4. The molecule has 0 radical (unpaired) electrons. The highest BCUT2D eigenvalue weighted by Gasteiger charge is 2.42. The van der Waals surface area contributed by atoms with Gasteiger partial charge < -0.3 is 20.4 Å². The molecule has 0 unspecified atom stereocenters. The van der Waals surface area contributed by atoms with Gasteiger partial charge in [0.15, 0.2) is 0 Å². The molecule has 0 aromatic rings. The molecule has 0 aromatic heterocycles. The third kappa shape index (κ3) is 1.72. The lowest BCUT2D eigenvalue weighted by molar-refractivity contribution is -0.148. The summed E-state index contributed by atoms with van der Waals surface area (Å²) in [5.41, 5.74) is -3.21. The Morgan fingerprint density at radius 1 is 0.812 bits per heavy atom. The van der Waals surface area contributed by atoms with Crippen molar-refractivity contribution in [1.29, 1.82) is 0 Å². The third-order valence-corrected chi connectivity index (χ3v) is 2.68. The highest BCUT2D eigenvalue weighted by Crippen LogP contribution is 2.33. The SMILES string of the molecule is O=C(O)C1(CO)C=CC(CO)(C(=O)O)C=C1. The molecular weight excluding hydrogens is 216 g/mol. The minimum Gasteiger partial charge on any atom is -0.480 e. The van der Waals surface area contributed by atoms with Crippen LogP contribution in [0.15, 0.2) is 24.3 Å². The fraction of sp³-hybridized carbons (Fsp3) is 0.400. The van der Waals surface area contributed by atoms with E-state index in [1.807, 2.05) is 0 Å². The summed E-state index contributed by atoms with van der Waals surface area (Å²) < 4.78 is 0. The van der Waals surface area contributed by atoms with E-state index in [2.05, 4.69) is 0 Å².